The van der Waals surface area contributed by atoms with Crippen LogP contribution in [0, 0.1) is 6.92 Å². The summed E-state index contributed by atoms with van der Waals surface area (Å²) in [4.78, 5) is 12.0. The summed E-state index contributed by atoms with van der Waals surface area (Å²) in [7, 11) is 1.61. The lowest BCUT2D eigenvalue weighted by Gasteiger charge is -2.05. The highest BCUT2D eigenvalue weighted by atomic mass is 16.5. The summed E-state index contributed by atoms with van der Waals surface area (Å²) in [6.07, 6.45) is 1.75. The van der Waals surface area contributed by atoms with E-state index in [0.29, 0.717) is 11.3 Å². The van der Waals surface area contributed by atoms with Crippen LogP contribution in [0.15, 0.2) is 30.5 Å². The quantitative estimate of drug-likeness (QED) is 0.689. The van der Waals surface area contributed by atoms with E-state index in [9.17, 15) is 0 Å². The first kappa shape index (κ1) is 11.5. The number of nitrogens with zero attached hydrogens (tertiary/aromatic N) is 2. The molecule has 0 radical (unpaired) electrons. The van der Waals surface area contributed by atoms with Crippen LogP contribution in [0.3, 0.4) is 0 Å². The van der Waals surface area contributed by atoms with Crippen molar-refractivity contribution >= 4 is 16.9 Å². The second kappa shape index (κ2) is 4.28. The number of aryl methyl sites for hydroxylation is 1. The number of fused-ring (bicyclic) bond motifs is 1. The van der Waals surface area contributed by atoms with Crippen LogP contribution in [0.2, 0.25) is 0 Å². The molecule has 0 aliphatic heterocycles. The summed E-state index contributed by atoms with van der Waals surface area (Å²) in [5.41, 5.74) is 10.2. The highest BCUT2D eigenvalue weighted by molar-refractivity contribution is 5.82. The van der Waals surface area contributed by atoms with Crippen molar-refractivity contribution in [1.82, 2.24) is 15.0 Å². The number of ether oxygens (including phenoxy) is 1. The fourth-order valence-corrected chi connectivity index (χ4v) is 2.05. The van der Waals surface area contributed by atoms with E-state index in [1.807, 2.05) is 25.1 Å². The molecule has 0 saturated carbocycles. The van der Waals surface area contributed by atoms with Gasteiger partial charge in [-0.25, -0.2) is 9.97 Å². The Bertz CT molecular complexity index is 748. The van der Waals surface area contributed by atoms with Crippen LogP contribution >= 0.6 is 0 Å². The van der Waals surface area contributed by atoms with Gasteiger partial charge in [-0.05, 0) is 30.7 Å². The van der Waals surface area contributed by atoms with E-state index in [0.717, 1.165) is 28.2 Å². The molecular weight excluding hydrogens is 240 g/mol. The van der Waals surface area contributed by atoms with Crippen molar-refractivity contribution in [2.75, 3.05) is 12.8 Å². The molecule has 3 rings (SSSR count). The number of pyridine rings is 1. The number of aromatic amines is 1. The fourth-order valence-electron chi connectivity index (χ4n) is 2.05. The van der Waals surface area contributed by atoms with Gasteiger partial charge in [0, 0.05) is 23.5 Å². The van der Waals surface area contributed by atoms with Gasteiger partial charge in [0.25, 0.3) is 0 Å². The average molecular weight is 254 g/mol. The summed E-state index contributed by atoms with van der Waals surface area (Å²) in [5, 5.41) is 0. The third kappa shape index (κ3) is 1.89. The molecule has 3 N–H and O–H groups in total. The molecule has 0 bridgehead atoms. The molecule has 96 valence electrons. The number of anilines is 1. The third-order valence-electron chi connectivity index (χ3n) is 3.11. The second-order valence-electron chi connectivity index (χ2n) is 4.37. The summed E-state index contributed by atoms with van der Waals surface area (Å²) in [5.74, 6) is 1.45. The molecule has 0 fully saturated rings. The number of nitrogens with one attached hydrogen (secondary N) is 1. The Morgan fingerprint density at radius 1 is 1.26 bits per heavy atom. The van der Waals surface area contributed by atoms with Crippen molar-refractivity contribution in [3.05, 3.63) is 36.0 Å². The van der Waals surface area contributed by atoms with Crippen LogP contribution in [0.5, 0.6) is 5.75 Å². The first-order chi connectivity index (χ1) is 9.19. The Hall–Kier alpha value is -2.56. The lowest BCUT2D eigenvalue weighted by Crippen LogP contribution is -1.93. The van der Waals surface area contributed by atoms with E-state index in [1.54, 1.807) is 19.4 Å². The van der Waals surface area contributed by atoms with E-state index in [2.05, 4.69) is 15.0 Å². The summed E-state index contributed by atoms with van der Waals surface area (Å²) >= 11 is 0. The Kier molecular flexibility index (Phi) is 2.59. The van der Waals surface area contributed by atoms with Crippen molar-refractivity contribution in [1.29, 1.82) is 0 Å². The number of nitrogens with two attached hydrogens (primary N) is 1. The summed E-state index contributed by atoms with van der Waals surface area (Å²) in [6.45, 7) is 2.02. The summed E-state index contributed by atoms with van der Waals surface area (Å²) < 4.78 is 5.14. The van der Waals surface area contributed by atoms with Gasteiger partial charge >= 0.3 is 0 Å². The van der Waals surface area contributed by atoms with Crippen molar-refractivity contribution in [3.63, 3.8) is 0 Å². The monoisotopic (exact) mass is 254 g/mol. The third-order valence-corrected chi connectivity index (χ3v) is 3.11. The van der Waals surface area contributed by atoms with Crippen LogP contribution in [0.4, 0.5) is 5.69 Å². The van der Waals surface area contributed by atoms with Gasteiger partial charge in [0.15, 0.2) is 5.65 Å². The molecule has 0 unspecified atom stereocenters. The number of H-pyrrole nitrogens is 1. The zero-order chi connectivity index (χ0) is 13.4. The minimum absolute atomic E-state index is 0.621. The largest absolute Gasteiger partial charge is 0.497 e. The van der Waals surface area contributed by atoms with Crippen LogP contribution < -0.4 is 10.5 Å². The van der Waals surface area contributed by atoms with Crippen LogP contribution in [0.25, 0.3) is 22.6 Å². The summed E-state index contributed by atoms with van der Waals surface area (Å²) in [6, 6.07) is 7.48. The number of benzene rings is 1. The molecule has 5 nitrogen and oxygen atoms in total. The first-order valence-corrected chi connectivity index (χ1v) is 5.94. The molecule has 0 aliphatic rings. The highest BCUT2D eigenvalue weighted by Crippen LogP contribution is 2.29. The number of hydrogen-bond acceptors (Lipinski definition) is 4. The standard InChI is InChI=1S/C14H14N4O/c1-8-5-6-16-14-12(8)17-13(18-14)10-4-3-9(19-2)7-11(10)15/h3-7H,15H2,1-2H3,(H,16,17,18). The lowest BCUT2D eigenvalue weighted by atomic mass is 10.1. The molecule has 0 aliphatic carbocycles. The molecule has 3 aromatic rings. The van der Waals surface area contributed by atoms with Crippen molar-refractivity contribution in [3.8, 4) is 17.1 Å². The molecule has 0 spiro atoms. The minimum atomic E-state index is 0.621. The normalized spacial score (nSPS) is 10.8. The van der Waals surface area contributed by atoms with Gasteiger partial charge in [-0.3, -0.25) is 0 Å². The Labute approximate surface area is 110 Å². The Morgan fingerprint density at radius 2 is 2.11 bits per heavy atom. The van der Waals surface area contributed by atoms with Gasteiger partial charge in [-0.15, -0.1) is 0 Å². The van der Waals surface area contributed by atoms with Crippen LogP contribution in [-0.2, 0) is 0 Å². The van der Waals surface area contributed by atoms with Crippen molar-refractivity contribution in [2.45, 2.75) is 6.92 Å². The number of nitrogen functional groups attached to an aromatic ring is 1. The average Bonchev–Trinajstić information content (AvgIpc) is 2.83. The van der Waals surface area contributed by atoms with Crippen molar-refractivity contribution in [2.24, 2.45) is 0 Å². The fraction of sp³-hybridized carbons (Fsp3) is 0.143. The highest BCUT2D eigenvalue weighted by Gasteiger charge is 2.10. The van der Waals surface area contributed by atoms with Gasteiger partial charge in [-0.2, -0.15) is 0 Å². The van der Waals surface area contributed by atoms with E-state index in [-0.39, 0.29) is 0 Å². The topological polar surface area (TPSA) is 76.8 Å². The Morgan fingerprint density at radius 3 is 2.79 bits per heavy atom. The van der Waals surface area contributed by atoms with E-state index >= 15 is 0 Å². The molecule has 0 atom stereocenters. The number of rotatable bonds is 2. The molecule has 0 saturated heterocycles. The predicted molar refractivity (Wildman–Crippen MR) is 75.0 cm³/mol. The predicted octanol–water partition coefficient (Wildman–Crippen LogP) is 2.52. The molecule has 1 aromatic carbocycles. The van der Waals surface area contributed by atoms with Gasteiger partial charge in [0.1, 0.15) is 11.6 Å². The maximum Gasteiger partial charge on any atom is 0.178 e. The number of imidazole rings is 1. The molecule has 5 heteroatoms. The molecule has 0 amide bonds. The number of methoxy groups -OCH3 is 1. The zero-order valence-corrected chi connectivity index (χ0v) is 10.8. The minimum Gasteiger partial charge on any atom is -0.497 e. The van der Waals surface area contributed by atoms with Crippen LogP contribution in [0.1, 0.15) is 5.56 Å². The molecular formula is C14H14N4O. The van der Waals surface area contributed by atoms with E-state index in [4.69, 9.17) is 10.5 Å². The molecule has 2 aromatic heterocycles. The number of hydrogen-bond donors (Lipinski definition) is 2. The second-order valence-corrected chi connectivity index (χ2v) is 4.37. The smallest absolute Gasteiger partial charge is 0.178 e. The maximum absolute atomic E-state index is 6.03. The van der Waals surface area contributed by atoms with Crippen LogP contribution in [-0.4, -0.2) is 22.1 Å². The Balaban J connectivity index is 2.16. The van der Waals surface area contributed by atoms with Gasteiger partial charge in [0.2, 0.25) is 0 Å². The van der Waals surface area contributed by atoms with E-state index < -0.39 is 0 Å². The first-order valence-electron chi connectivity index (χ1n) is 5.94. The maximum atomic E-state index is 6.03. The van der Waals surface area contributed by atoms with Gasteiger partial charge in [-0.1, -0.05) is 0 Å². The number of aromatic nitrogens is 3. The molecule has 19 heavy (non-hydrogen) atoms. The van der Waals surface area contributed by atoms with Crippen molar-refractivity contribution < 1.29 is 4.74 Å². The lowest BCUT2D eigenvalue weighted by molar-refractivity contribution is 0.415. The van der Waals surface area contributed by atoms with Gasteiger partial charge in [0.05, 0.1) is 12.6 Å². The molecule has 2 heterocycles. The zero-order valence-electron chi connectivity index (χ0n) is 10.8. The SMILES string of the molecule is COc1ccc(-c2nc3nccc(C)c3[nH]2)c(N)c1. The van der Waals surface area contributed by atoms with Gasteiger partial charge < -0.3 is 15.5 Å². The van der Waals surface area contributed by atoms with E-state index in [1.165, 1.54) is 0 Å².